The zero-order chi connectivity index (χ0) is 23.0. The second-order valence-electron chi connectivity index (χ2n) is 7.97. The van der Waals surface area contributed by atoms with Gasteiger partial charge in [-0.15, -0.1) is 0 Å². The lowest BCUT2D eigenvalue weighted by atomic mass is 10.2. The molecule has 33 heavy (non-hydrogen) atoms. The fourth-order valence-corrected chi connectivity index (χ4v) is 3.96. The normalized spacial score (nSPS) is 14.7. The molecule has 0 N–H and O–H groups in total. The molecule has 1 fully saturated rings. The summed E-state index contributed by atoms with van der Waals surface area (Å²) in [6.07, 6.45) is 0. The molecular weight excluding hydrogens is 414 g/mol. The van der Waals surface area contributed by atoms with Crippen LogP contribution in [0.1, 0.15) is 31.1 Å². The van der Waals surface area contributed by atoms with Crippen molar-refractivity contribution in [1.29, 1.82) is 0 Å². The highest BCUT2D eigenvalue weighted by molar-refractivity contribution is 5.96. The topological polar surface area (TPSA) is 60.9 Å². The van der Waals surface area contributed by atoms with Crippen molar-refractivity contribution in [3.05, 3.63) is 108 Å². The van der Waals surface area contributed by atoms with Crippen LogP contribution in [-0.4, -0.2) is 71.7 Å². The minimum absolute atomic E-state index is 0.100. The molecule has 3 amide bonds. The fraction of sp³-hybridized carbons (Fsp3) is 0.222. The molecule has 1 saturated heterocycles. The first-order chi connectivity index (χ1) is 16.1. The molecule has 6 nitrogen and oxygen atoms in total. The van der Waals surface area contributed by atoms with Crippen molar-refractivity contribution in [3.63, 3.8) is 0 Å². The monoisotopic (exact) mass is 441 g/mol. The maximum atomic E-state index is 13.2. The number of carbonyl (C=O) groups excluding carboxylic acids is 3. The second kappa shape index (κ2) is 10.6. The Morgan fingerprint density at radius 3 is 0.818 bits per heavy atom. The number of amides is 3. The van der Waals surface area contributed by atoms with E-state index in [2.05, 4.69) is 0 Å². The molecule has 0 saturated carbocycles. The van der Waals surface area contributed by atoms with Crippen molar-refractivity contribution in [2.45, 2.75) is 0 Å². The molecule has 0 radical (unpaired) electrons. The lowest BCUT2D eigenvalue weighted by Gasteiger charge is -2.26. The molecule has 0 aliphatic carbocycles. The summed E-state index contributed by atoms with van der Waals surface area (Å²) in [5.41, 5.74) is 1.79. The number of hydrogen-bond acceptors (Lipinski definition) is 3. The SMILES string of the molecule is O=C(c1ccccc1)N1CCN(C(=O)c2ccccc2)CCN(C(=O)c2ccccc2)CC1. The Bertz CT molecular complexity index is 934. The van der Waals surface area contributed by atoms with E-state index < -0.39 is 0 Å². The summed E-state index contributed by atoms with van der Waals surface area (Å²) in [5, 5.41) is 0. The van der Waals surface area contributed by atoms with Crippen LogP contribution >= 0.6 is 0 Å². The van der Waals surface area contributed by atoms with E-state index in [0.717, 1.165) is 0 Å². The van der Waals surface area contributed by atoms with Gasteiger partial charge >= 0.3 is 0 Å². The van der Waals surface area contributed by atoms with Crippen LogP contribution in [0.3, 0.4) is 0 Å². The molecule has 3 aromatic carbocycles. The molecule has 0 aromatic heterocycles. The third-order valence-electron chi connectivity index (χ3n) is 5.84. The summed E-state index contributed by atoms with van der Waals surface area (Å²) >= 11 is 0. The summed E-state index contributed by atoms with van der Waals surface area (Å²) in [7, 11) is 0. The van der Waals surface area contributed by atoms with Crippen molar-refractivity contribution >= 4 is 17.7 Å². The minimum Gasteiger partial charge on any atom is -0.335 e. The van der Waals surface area contributed by atoms with Crippen LogP contribution in [0.25, 0.3) is 0 Å². The molecule has 0 unspecified atom stereocenters. The summed E-state index contributed by atoms with van der Waals surface area (Å²) in [4.78, 5) is 44.8. The number of hydrogen-bond donors (Lipinski definition) is 0. The molecule has 0 atom stereocenters. The van der Waals surface area contributed by atoms with Crippen LogP contribution in [0.4, 0.5) is 0 Å². The largest absolute Gasteiger partial charge is 0.335 e. The van der Waals surface area contributed by atoms with Crippen molar-refractivity contribution in [3.8, 4) is 0 Å². The minimum atomic E-state index is -0.100. The van der Waals surface area contributed by atoms with E-state index in [1.54, 1.807) is 51.1 Å². The Kier molecular flexibility index (Phi) is 7.15. The van der Waals surface area contributed by atoms with E-state index in [1.165, 1.54) is 0 Å². The van der Waals surface area contributed by atoms with Crippen LogP contribution < -0.4 is 0 Å². The van der Waals surface area contributed by atoms with E-state index in [0.29, 0.717) is 56.0 Å². The third-order valence-corrected chi connectivity index (χ3v) is 5.84. The van der Waals surface area contributed by atoms with E-state index in [-0.39, 0.29) is 17.7 Å². The molecule has 3 aromatic rings. The Morgan fingerprint density at radius 1 is 0.394 bits per heavy atom. The standard InChI is InChI=1S/C27H27N3O3/c31-25(22-10-4-1-5-11-22)28-16-18-29(26(32)23-12-6-2-7-13-23)20-21-30(19-17-28)27(33)24-14-8-3-9-15-24/h1-15H,16-21H2. The Morgan fingerprint density at radius 2 is 0.606 bits per heavy atom. The summed E-state index contributed by atoms with van der Waals surface area (Å²) in [5.74, 6) is -0.301. The highest BCUT2D eigenvalue weighted by Crippen LogP contribution is 2.12. The van der Waals surface area contributed by atoms with Crippen LogP contribution in [-0.2, 0) is 0 Å². The van der Waals surface area contributed by atoms with E-state index in [9.17, 15) is 14.4 Å². The van der Waals surface area contributed by atoms with Gasteiger partial charge in [-0.3, -0.25) is 14.4 Å². The van der Waals surface area contributed by atoms with Crippen molar-refractivity contribution in [2.24, 2.45) is 0 Å². The van der Waals surface area contributed by atoms with Crippen LogP contribution in [0.15, 0.2) is 91.0 Å². The van der Waals surface area contributed by atoms with E-state index in [4.69, 9.17) is 0 Å². The average molecular weight is 442 g/mol. The maximum Gasteiger partial charge on any atom is 0.253 e. The molecule has 0 bridgehead atoms. The predicted octanol–water partition coefficient (Wildman–Crippen LogP) is 3.43. The summed E-state index contributed by atoms with van der Waals surface area (Å²) in [6, 6.07) is 27.3. The van der Waals surface area contributed by atoms with Gasteiger partial charge in [0.15, 0.2) is 0 Å². The molecule has 4 rings (SSSR count). The van der Waals surface area contributed by atoms with Crippen molar-refractivity contribution in [2.75, 3.05) is 39.3 Å². The molecule has 1 aliphatic heterocycles. The summed E-state index contributed by atoms with van der Waals surface area (Å²) in [6.45, 7) is 2.41. The van der Waals surface area contributed by atoms with Gasteiger partial charge in [-0.1, -0.05) is 54.6 Å². The quantitative estimate of drug-likeness (QED) is 0.626. The van der Waals surface area contributed by atoms with Gasteiger partial charge in [0, 0.05) is 56.0 Å². The molecule has 1 aliphatic rings. The van der Waals surface area contributed by atoms with Crippen molar-refractivity contribution in [1.82, 2.24) is 14.7 Å². The van der Waals surface area contributed by atoms with E-state index >= 15 is 0 Å². The number of carbonyl (C=O) groups is 3. The van der Waals surface area contributed by atoms with Gasteiger partial charge < -0.3 is 14.7 Å². The molecular formula is C27H27N3O3. The zero-order valence-electron chi connectivity index (χ0n) is 18.5. The second-order valence-corrected chi connectivity index (χ2v) is 7.97. The van der Waals surface area contributed by atoms with Gasteiger partial charge in [0.2, 0.25) is 0 Å². The molecule has 0 spiro atoms. The molecule has 1 heterocycles. The Hall–Kier alpha value is -3.93. The zero-order valence-corrected chi connectivity index (χ0v) is 18.5. The van der Waals surface area contributed by atoms with Gasteiger partial charge in [0.25, 0.3) is 17.7 Å². The van der Waals surface area contributed by atoms with Gasteiger partial charge in [0.1, 0.15) is 0 Å². The summed E-state index contributed by atoms with van der Waals surface area (Å²) < 4.78 is 0. The smallest absolute Gasteiger partial charge is 0.253 e. The van der Waals surface area contributed by atoms with Crippen LogP contribution in [0, 0.1) is 0 Å². The highest BCUT2D eigenvalue weighted by atomic mass is 16.2. The highest BCUT2D eigenvalue weighted by Gasteiger charge is 2.25. The number of benzene rings is 3. The van der Waals surface area contributed by atoms with Crippen LogP contribution in [0.5, 0.6) is 0 Å². The lowest BCUT2D eigenvalue weighted by Crippen LogP contribution is -2.41. The third kappa shape index (κ3) is 5.47. The first kappa shape index (κ1) is 22.3. The van der Waals surface area contributed by atoms with Gasteiger partial charge in [-0.2, -0.15) is 0 Å². The van der Waals surface area contributed by atoms with Gasteiger partial charge in [0.05, 0.1) is 0 Å². The lowest BCUT2D eigenvalue weighted by molar-refractivity contribution is 0.0679. The Labute approximate surface area is 194 Å². The molecule has 6 heteroatoms. The number of nitrogens with zero attached hydrogens (tertiary/aromatic N) is 3. The van der Waals surface area contributed by atoms with E-state index in [1.807, 2.05) is 54.6 Å². The predicted molar refractivity (Wildman–Crippen MR) is 127 cm³/mol. The van der Waals surface area contributed by atoms with Crippen molar-refractivity contribution < 1.29 is 14.4 Å². The molecule has 168 valence electrons. The van der Waals surface area contributed by atoms with Crippen LogP contribution in [0.2, 0.25) is 0 Å². The first-order valence-electron chi connectivity index (χ1n) is 11.2. The number of rotatable bonds is 3. The van der Waals surface area contributed by atoms with Gasteiger partial charge in [-0.25, -0.2) is 0 Å². The first-order valence-corrected chi connectivity index (χ1v) is 11.2. The fourth-order valence-electron chi connectivity index (χ4n) is 3.96. The maximum absolute atomic E-state index is 13.2. The Balaban J connectivity index is 1.59. The average Bonchev–Trinajstić information content (AvgIpc) is 3.00. The van der Waals surface area contributed by atoms with Gasteiger partial charge in [-0.05, 0) is 36.4 Å².